The number of nitrogens with two attached hydrogens (primary N) is 1. The zero-order chi connectivity index (χ0) is 37.8. The lowest BCUT2D eigenvalue weighted by molar-refractivity contribution is 1.14. The summed E-state index contributed by atoms with van der Waals surface area (Å²) >= 11 is 0. The second-order valence-electron chi connectivity index (χ2n) is 14.2. The van der Waals surface area contributed by atoms with E-state index in [1.165, 1.54) is 32.7 Å². The van der Waals surface area contributed by atoms with Crippen LogP contribution in [-0.4, -0.2) is 0 Å². The average Bonchev–Trinajstić information content (AvgIpc) is 3.25. The Bertz CT molecular complexity index is 2730. The number of hydrogen-bond acceptors (Lipinski definition) is 4. The van der Waals surface area contributed by atoms with Gasteiger partial charge in [0, 0.05) is 51.4 Å². The zero-order valence-corrected chi connectivity index (χ0v) is 31.3. The highest BCUT2D eigenvalue weighted by molar-refractivity contribution is 6.00. The van der Waals surface area contributed by atoms with Crippen LogP contribution in [0.5, 0.6) is 0 Å². The molecule has 0 aliphatic heterocycles. The fourth-order valence-corrected chi connectivity index (χ4v) is 7.53. The molecule has 0 saturated carbocycles. The lowest BCUT2D eigenvalue weighted by atomic mass is 10.0. The van der Waals surface area contributed by atoms with Crippen molar-refractivity contribution in [2.45, 2.75) is 13.5 Å². The molecule has 0 aliphatic carbocycles. The minimum absolute atomic E-state index is 0.743. The van der Waals surface area contributed by atoms with Crippen LogP contribution in [0, 0.1) is 6.92 Å². The summed E-state index contributed by atoms with van der Waals surface area (Å²) < 4.78 is 0. The van der Waals surface area contributed by atoms with E-state index >= 15 is 0 Å². The average molecular weight is 723 g/mol. The Morgan fingerprint density at radius 2 is 0.821 bits per heavy atom. The number of aryl methyl sites for hydroxylation is 1. The molecule has 0 bridgehead atoms. The molecule has 9 aromatic carbocycles. The van der Waals surface area contributed by atoms with Gasteiger partial charge in [0.1, 0.15) is 0 Å². The van der Waals surface area contributed by atoms with Crippen molar-refractivity contribution < 1.29 is 0 Å². The quantitative estimate of drug-likeness (QED) is 0.138. The second kappa shape index (κ2) is 15.2. The number of fused-ring (bicyclic) bond motifs is 2. The number of nitrogens with zero attached hydrogens (tertiary/aromatic N) is 2. The Balaban J connectivity index is 1.03. The Hall–Kier alpha value is -7.30. The van der Waals surface area contributed by atoms with Crippen molar-refractivity contribution >= 4 is 67.0 Å². The maximum absolute atomic E-state index is 6.11. The van der Waals surface area contributed by atoms with Gasteiger partial charge in [0.05, 0.1) is 11.4 Å². The molecule has 4 nitrogen and oxygen atoms in total. The van der Waals surface area contributed by atoms with E-state index < -0.39 is 0 Å². The molecule has 0 spiro atoms. The fraction of sp³-hybridized carbons (Fsp3) is 0.0385. The topological polar surface area (TPSA) is 44.5 Å². The molecular formula is C52H42N4. The first kappa shape index (κ1) is 34.5. The summed E-state index contributed by atoms with van der Waals surface area (Å²) in [5.74, 6) is 0. The number of rotatable bonds is 10. The van der Waals surface area contributed by atoms with Crippen LogP contribution in [-0.2, 0) is 6.54 Å². The van der Waals surface area contributed by atoms with Crippen molar-refractivity contribution in [3.8, 4) is 11.1 Å². The highest BCUT2D eigenvalue weighted by Gasteiger charge is 2.18. The highest BCUT2D eigenvalue weighted by atomic mass is 15.1. The van der Waals surface area contributed by atoms with Crippen molar-refractivity contribution in [3.63, 3.8) is 0 Å². The largest absolute Gasteiger partial charge is 0.399 e. The third-order valence-electron chi connectivity index (χ3n) is 10.5. The minimum atomic E-state index is 0.743. The van der Waals surface area contributed by atoms with Crippen LogP contribution in [0.3, 0.4) is 0 Å². The van der Waals surface area contributed by atoms with E-state index in [-0.39, 0.29) is 0 Å². The van der Waals surface area contributed by atoms with Crippen molar-refractivity contribution in [2.24, 2.45) is 0 Å². The molecule has 0 atom stereocenters. The first-order valence-corrected chi connectivity index (χ1v) is 19.1. The normalized spacial score (nSPS) is 11.1. The van der Waals surface area contributed by atoms with E-state index in [2.05, 4.69) is 216 Å². The lowest BCUT2D eigenvalue weighted by Crippen LogP contribution is -2.11. The molecule has 9 aromatic rings. The summed E-state index contributed by atoms with van der Waals surface area (Å²) in [6.07, 6.45) is 0. The summed E-state index contributed by atoms with van der Waals surface area (Å²) in [6.45, 7) is 2.89. The molecule has 0 radical (unpaired) electrons. The predicted octanol–water partition coefficient (Wildman–Crippen LogP) is 14.1. The molecule has 0 heterocycles. The predicted molar refractivity (Wildman–Crippen MR) is 239 cm³/mol. The summed E-state index contributed by atoms with van der Waals surface area (Å²) in [5.41, 5.74) is 19.3. The number of anilines is 8. The molecule has 0 amide bonds. The van der Waals surface area contributed by atoms with Gasteiger partial charge < -0.3 is 20.9 Å². The van der Waals surface area contributed by atoms with Gasteiger partial charge in [-0.25, -0.2) is 0 Å². The van der Waals surface area contributed by atoms with Crippen LogP contribution in [0.4, 0.5) is 45.5 Å². The highest BCUT2D eigenvalue weighted by Crippen LogP contribution is 2.42. The van der Waals surface area contributed by atoms with Crippen molar-refractivity contribution in [2.75, 3.05) is 20.9 Å². The number of nitrogen functional groups attached to an aromatic ring is 1. The molecule has 3 N–H and O–H groups in total. The van der Waals surface area contributed by atoms with Crippen molar-refractivity contribution in [1.29, 1.82) is 0 Å². The van der Waals surface area contributed by atoms with E-state index in [9.17, 15) is 0 Å². The molecular weight excluding hydrogens is 681 g/mol. The van der Waals surface area contributed by atoms with Crippen LogP contribution < -0.4 is 20.9 Å². The number of hydrogen-bond donors (Lipinski definition) is 2. The van der Waals surface area contributed by atoms with Gasteiger partial charge in [-0.2, -0.15) is 0 Å². The van der Waals surface area contributed by atoms with Gasteiger partial charge in [0.15, 0.2) is 0 Å². The molecule has 270 valence electrons. The molecule has 0 aromatic heterocycles. The Labute approximate surface area is 328 Å². The lowest BCUT2D eigenvalue weighted by Gasteiger charge is -2.27. The summed E-state index contributed by atoms with van der Waals surface area (Å²) in [4.78, 5) is 4.66. The Morgan fingerprint density at radius 3 is 1.30 bits per heavy atom. The van der Waals surface area contributed by atoms with Gasteiger partial charge in [0.25, 0.3) is 0 Å². The Morgan fingerprint density at radius 1 is 0.411 bits per heavy atom. The van der Waals surface area contributed by atoms with Gasteiger partial charge in [-0.05, 0) is 119 Å². The van der Waals surface area contributed by atoms with Gasteiger partial charge in [-0.15, -0.1) is 0 Å². The molecule has 0 unspecified atom stereocenters. The van der Waals surface area contributed by atoms with E-state index in [1.807, 2.05) is 12.1 Å². The third-order valence-corrected chi connectivity index (χ3v) is 10.5. The van der Waals surface area contributed by atoms with Gasteiger partial charge in [-0.1, -0.05) is 127 Å². The standard InChI is InChI=1S/C52H42N4/c1-37-16-18-38(19-17-37)36-54-44-26-34-48(35-27-44)56(52-15-7-11-42-9-3-5-13-50(42)52)46-30-22-40(23-31-46)39-20-28-45(29-21-39)55(47-32-24-43(53)25-33-47)51-14-6-10-41-8-2-4-12-49(41)51/h2-35,54H,36,53H2,1H3. The maximum atomic E-state index is 6.11. The molecule has 0 fully saturated rings. The molecule has 56 heavy (non-hydrogen) atoms. The SMILES string of the molecule is Cc1ccc(CNc2ccc(N(c3ccc(-c4ccc(N(c5ccc(N)cc5)c5cccc6ccccc56)cc4)cc3)c3cccc4ccccc34)cc2)cc1. The summed E-state index contributed by atoms with van der Waals surface area (Å²) in [5, 5.41) is 8.39. The monoisotopic (exact) mass is 722 g/mol. The summed E-state index contributed by atoms with van der Waals surface area (Å²) in [7, 11) is 0. The molecule has 0 aliphatic rings. The number of nitrogens with one attached hydrogen (secondary N) is 1. The summed E-state index contributed by atoms with van der Waals surface area (Å²) in [6, 6.07) is 73.4. The second-order valence-corrected chi connectivity index (χ2v) is 14.2. The molecule has 9 rings (SSSR count). The van der Waals surface area contributed by atoms with Crippen LogP contribution in [0.25, 0.3) is 32.7 Å². The van der Waals surface area contributed by atoms with Crippen molar-refractivity contribution in [1.82, 2.24) is 0 Å². The van der Waals surface area contributed by atoms with Gasteiger partial charge in [0.2, 0.25) is 0 Å². The minimum Gasteiger partial charge on any atom is -0.399 e. The maximum Gasteiger partial charge on any atom is 0.0540 e. The van der Waals surface area contributed by atoms with Gasteiger partial charge in [-0.3, -0.25) is 0 Å². The molecule has 4 heteroatoms. The van der Waals surface area contributed by atoms with E-state index in [0.717, 1.165) is 63.2 Å². The smallest absolute Gasteiger partial charge is 0.0540 e. The van der Waals surface area contributed by atoms with Crippen LogP contribution in [0.2, 0.25) is 0 Å². The van der Waals surface area contributed by atoms with Crippen LogP contribution in [0.1, 0.15) is 11.1 Å². The molecule has 0 saturated heterocycles. The zero-order valence-electron chi connectivity index (χ0n) is 31.3. The Kier molecular flexibility index (Phi) is 9.36. The van der Waals surface area contributed by atoms with Gasteiger partial charge >= 0.3 is 0 Å². The van der Waals surface area contributed by atoms with E-state index in [1.54, 1.807) is 0 Å². The van der Waals surface area contributed by atoms with Crippen LogP contribution in [0.15, 0.2) is 206 Å². The number of benzene rings is 9. The van der Waals surface area contributed by atoms with E-state index in [4.69, 9.17) is 5.73 Å². The van der Waals surface area contributed by atoms with Crippen LogP contribution >= 0.6 is 0 Å². The first-order chi connectivity index (χ1) is 27.6. The first-order valence-electron chi connectivity index (χ1n) is 19.1. The fourth-order valence-electron chi connectivity index (χ4n) is 7.53. The third kappa shape index (κ3) is 7.04. The van der Waals surface area contributed by atoms with Crippen molar-refractivity contribution in [3.05, 3.63) is 217 Å². The van der Waals surface area contributed by atoms with E-state index in [0.29, 0.717) is 0 Å².